The summed E-state index contributed by atoms with van der Waals surface area (Å²) in [7, 11) is -4.44. The van der Waals surface area contributed by atoms with Crippen molar-refractivity contribution in [1.29, 1.82) is 0 Å². The van der Waals surface area contributed by atoms with E-state index in [1.807, 2.05) is 0 Å². The Labute approximate surface area is 297 Å². The highest BCUT2D eigenvalue weighted by Gasteiger charge is 2.27. The van der Waals surface area contributed by atoms with E-state index in [9.17, 15) is 28.0 Å². The lowest BCUT2D eigenvalue weighted by Crippen LogP contribution is -2.50. The van der Waals surface area contributed by atoms with Gasteiger partial charge in [0.1, 0.15) is 6.10 Å². The van der Waals surface area contributed by atoms with E-state index in [0.29, 0.717) is 12.8 Å². The maximum atomic E-state index is 12.5. The number of aliphatic hydroxyl groups is 2. The molecule has 7 nitrogen and oxygen atoms in total. The van der Waals surface area contributed by atoms with Crippen molar-refractivity contribution in [2.24, 2.45) is 0 Å². The number of rotatable bonds is 36. The largest absolute Gasteiger partial charge is 0.387 e. The Morgan fingerprint density at radius 3 is 1.38 bits per heavy atom. The number of hydrogen-bond donors (Lipinski definition) is 4. The smallest absolute Gasteiger partial charge is 0.267 e. The predicted octanol–water partition coefficient (Wildman–Crippen LogP) is 10.5. The van der Waals surface area contributed by atoms with Gasteiger partial charge in [0.2, 0.25) is 5.91 Å². The summed E-state index contributed by atoms with van der Waals surface area (Å²) < 4.78 is 32.3. The molecule has 3 atom stereocenters. The molecule has 3 unspecified atom stereocenters. The molecule has 0 saturated heterocycles. The van der Waals surface area contributed by atoms with Gasteiger partial charge in [0.05, 0.1) is 17.9 Å². The van der Waals surface area contributed by atoms with Crippen LogP contribution >= 0.6 is 0 Å². The maximum absolute atomic E-state index is 12.5. The third kappa shape index (κ3) is 33.3. The molecule has 0 fully saturated rings. The molecule has 0 aliphatic rings. The molecule has 0 bridgehead atoms. The Morgan fingerprint density at radius 2 is 0.938 bits per heavy atom. The minimum absolute atomic E-state index is 0.278. The molecule has 0 aromatic rings. The van der Waals surface area contributed by atoms with Gasteiger partial charge in [0, 0.05) is 0 Å². The molecule has 284 valence electrons. The van der Waals surface area contributed by atoms with Crippen molar-refractivity contribution < 1.29 is 28.0 Å². The standard InChI is InChI=1S/C40H77NO6S/c1-3-5-7-9-11-13-14-15-16-17-18-19-20-21-22-23-24-25-27-29-31-33-35-39(43)40(44)41-37(36-48(45,46)47)38(42)34-32-30-28-26-12-10-8-6-4-2/h12,26,32,34,37-39,42-43H,3-11,13-25,27-31,33,35-36H2,1-2H3,(H,41,44)(H,45,46,47)/b26-12+,34-32+. The van der Waals surface area contributed by atoms with E-state index in [1.54, 1.807) is 6.08 Å². The molecule has 0 aromatic heterocycles. The van der Waals surface area contributed by atoms with Gasteiger partial charge in [-0.2, -0.15) is 8.42 Å². The summed E-state index contributed by atoms with van der Waals surface area (Å²) >= 11 is 0. The lowest BCUT2D eigenvalue weighted by molar-refractivity contribution is -0.130. The van der Waals surface area contributed by atoms with Crippen molar-refractivity contribution in [3.05, 3.63) is 24.3 Å². The SMILES string of the molecule is CCCCC/C=C/CC/C=C/C(O)C(CS(=O)(=O)O)NC(=O)C(O)CCCCCCCCCCCCCCCCCCCCCCCC. The number of nitrogens with one attached hydrogen (secondary N) is 1. The van der Waals surface area contributed by atoms with Gasteiger partial charge in [0.15, 0.2) is 0 Å². The van der Waals surface area contributed by atoms with Crippen LogP contribution in [0.5, 0.6) is 0 Å². The zero-order valence-electron chi connectivity index (χ0n) is 31.2. The lowest BCUT2D eigenvalue weighted by atomic mass is 10.0. The quantitative estimate of drug-likeness (QED) is 0.0293. The lowest BCUT2D eigenvalue weighted by Gasteiger charge is -2.22. The van der Waals surface area contributed by atoms with Crippen LogP contribution in [0.1, 0.15) is 200 Å². The molecular weight excluding hydrogens is 623 g/mol. The Bertz CT molecular complexity index is 875. The summed E-state index contributed by atoms with van der Waals surface area (Å²) in [6.07, 6.45) is 39.8. The number of carbonyl (C=O) groups excluding carboxylic acids is 1. The molecule has 48 heavy (non-hydrogen) atoms. The van der Waals surface area contributed by atoms with Crippen molar-refractivity contribution in [1.82, 2.24) is 5.32 Å². The van der Waals surface area contributed by atoms with E-state index in [0.717, 1.165) is 32.1 Å². The number of unbranched alkanes of at least 4 members (excludes halogenated alkanes) is 25. The third-order valence-corrected chi connectivity index (χ3v) is 10.0. The number of aliphatic hydroxyl groups excluding tert-OH is 2. The fourth-order valence-corrected chi connectivity index (χ4v) is 6.85. The monoisotopic (exact) mass is 700 g/mol. The molecule has 0 rings (SSSR count). The van der Waals surface area contributed by atoms with Crippen LogP contribution in [0.2, 0.25) is 0 Å². The van der Waals surface area contributed by atoms with Crippen LogP contribution in [0, 0.1) is 0 Å². The predicted molar refractivity (Wildman–Crippen MR) is 204 cm³/mol. The minimum atomic E-state index is -4.44. The Morgan fingerprint density at radius 1 is 0.562 bits per heavy atom. The third-order valence-electron chi connectivity index (χ3n) is 9.24. The summed E-state index contributed by atoms with van der Waals surface area (Å²) in [5.74, 6) is -1.55. The first-order valence-electron chi connectivity index (χ1n) is 20.1. The second-order valence-corrected chi connectivity index (χ2v) is 15.6. The van der Waals surface area contributed by atoms with Crippen LogP contribution in [0.4, 0.5) is 0 Å². The van der Waals surface area contributed by atoms with Crippen LogP contribution < -0.4 is 5.32 Å². The number of carbonyl (C=O) groups is 1. The molecule has 0 spiro atoms. The average molecular weight is 700 g/mol. The van der Waals surface area contributed by atoms with E-state index in [2.05, 4.69) is 31.3 Å². The Kier molecular flexibility index (Phi) is 33.4. The van der Waals surface area contributed by atoms with Gasteiger partial charge in [0.25, 0.3) is 10.1 Å². The second-order valence-electron chi connectivity index (χ2n) is 14.1. The first kappa shape index (κ1) is 46.8. The van der Waals surface area contributed by atoms with Gasteiger partial charge in [-0.15, -0.1) is 0 Å². The summed E-state index contributed by atoms with van der Waals surface area (Å²) in [4.78, 5) is 12.5. The molecule has 4 N–H and O–H groups in total. The normalized spacial score (nSPS) is 14.2. The van der Waals surface area contributed by atoms with Crippen molar-refractivity contribution in [2.45, 2.75) is 218 Å². The summed E-state index contributed by atoms with van der Waals surface area (Å²) in [6.45, 7) is 4.45. The van der Waals surface area contributed by atoms with E-state index < -0.39 is 40.0 Å². The minimum Gasteiger partial charge on any atom is -0.387 e. The number of amides is 1. The molecule has 0 aliphatic carbocycles. The molecule has 0 radical (unpaired) electrons. The number of hydrogen-bond acceptors (Lipinski definition) is 5. The van der Waals surface area contributed by atoms with Crippen LogP contribution in [-0.4, -0.2) is 53.1 Å². The fourth-order valence-electron chi connectivity index (χ4n) is 6.12. The zero-order chi connectivity index (χ0) is 35.6. The van der Waals surface area contributed by atoms with Crippen molar-refractivity contribution in [3.8, 4) is 0 Å². The Hall–Kier alpha value is -1.22. The molecular formula is C40H77NO6S. The van der Waals surface area contributed by atoms with Gasteiger partial charge in [-0.3, -0.25) is 9.35 Å². The molecule has 0 aliphatic heterocycles. The van der Waals surface area contributed by atoms with Crippen LogP contribution in [0.3, 0.4) is 0 Å². The molecule has 8 heteroatoms. The van der Waals surface area contributed by atoms with E-state index >= 15 is 0 Å². The van der Waals surface area contributed by atoms with Gasteiger partial charge in [-0.25, -0.2) is 0 Å². The van der Waals surface area contributed by atoms with Gasteiger partial charge >= 0.3 is 0 Å². The highest BCUT2D eigenvalue weighted by atomic mass is 32.2. The molecule has 1 amide bonds. The van der Waals surface area contributed by atoms with Crippen molar-refractivity contribution >= 4 is 16.0 Å². The van der Waals surface area contributed by atoms with Crippen LogP contribution in [0.15, 0.2) is 24.3 Å². The Balaban J connectivity index is 3.88. The van der Waals surface area contributed by atoms with E-state index in [-0.39, 0.29) is 6.42 Å². The summed E-state index contributed by atoms with van der Waals surface area (Å²) in [6, 6.07) is -1.24. The fraction of sp³-hybridized carbons (Fsp3) is 0.875. The second kappa shape index (κ2) is 34.2. The summed E-state index contributed by atoms with van der Waals surface area (Å²) in [5, 5.41) is 23.2. The van der Waals surface area contributed by atoms with Gasteiger partial charge < -0.3 is 15.5 Å². The highest BCUT2D eigenvalue weighted by Crippen LogP contribution is 2.16. The maximum Gasteiger partial charge on any atom is 0.267 e. The van der Waals surface area contributed by atoms with Gasteiger partial charge in [-0.05, 0) is 32.1 Å². The average Bonchev–Trinajstić information content (AvgIpc) is 3.05. The highest BCUT2D eigenvalue weighted by molar-refractivity contribution is 7.85. The van der Waals surface area contributed by atoms with Crippen LogP contribution in [0.25, 0.3) is 0 Å². The van der Waals surface area contributed by atoms with Crippen LogP contribution in [-0.2, 0) is 14.9 Å². The van der Waals surface area contributed by atoms with Crippen molar-refractivity contribution in [3.63, 3.8) is 0 Å². The molecule has 0 saturated carbocycles. The zero-order valence-corrected chi connectivity index (χ0v) is 32.0. The molecule has 0 heterocycles. The topological polar surface area (TPSA) is 124 Å². The first-order valence-corrected chi connectivity index (χ1v) is 21.8. The van der Waals surface area contributed by atoms with Crippen molar-refractivity contribution in [2.75, 3.05) is 5.75 Å². The van der Waals surface area contributed by atoms with Gasteiger partial charge in [-0.1, -0.05) is 192 Å². The first-order chi connectivity index (χ1) is 23.2. The van der Waals surface area contributed by atoms with E-state index in [1.165, 1.54) is 141 Å². The number of allylic oxidation sites excluding steroid dienone is 3. The van der Waals surface area contributed by atoms with E-state index in [4.69, 9.17) is 0 Å². The summed E-state index contributed by atoms with van der Waals surface area (Å²) in [5.41, 5.74) is 0. The molecule has 0 aromatic carbocycles.